The van der Waals surface area contributed by atoms with Gasteiger partial charge in [0, 0.05) is 22.0 Å². The molecule has 2 aromatic carbocycles. The lowest BCUT2D eigenvalue weighted by Gasteiger charge is -2.08. The lowest BCUT2D eigenvalue weighted by molar-refractivity contribution is 0.0605. The van der Waals surface area contributed by atoms with Gasteiger partial charge in [-0.3, -0.25) is 5.43 Å². The molecule has 4 rings (SSSR count). The number of benzene rings is 2. The van der Waals surface area contributed by atoms with Gasteiger partial charge >= 0.3 is 5.97 Å². The van der Waals surface area contributed by atoms with E-state index in [1.807, 2.05) is 50.2 Å². The Morgan fingerprint density at radius 2 is 1.90 bits per heavy atom. The Morgan fingerprint density at radius 1 is 1.16 bits per heavy atom. The highest BCUT2D eigenvalue weighted by atomic mass is 35.5. The molecule has 0 saturated carbocycles. The Hall–Kier alpha value is -3.16. The van der Waals surface area contributed by atoms with Crippen LogP contribution in [0.2, 0.25) is 5.02 Å². The Balaban J connectivity index is 1.85. The van der Waals surface area contributed by atoms with Crippen molar-refractivity contribution >= 4 is 45.0 Å². The van der Waals surface area contributed by atoms with Gasteiger partial charge in [0.15, 0.2) is 0 Å². The van der Waals surface area contributed by atoms with Crippen molar-refractivity contribution in [1.82, 2.24) is 4.98 Å². The molecular formula is C23H20ClN3O3S. The molecule has 0 saturated heterocycles. The number of carbonyl (C=O) groups is 1. The third kappa shape index (κ3) is 4.33. The summed E-state index contributed by atoms with van der Waals surface area (Å²) < 4.78 is 11.0. The van der Waals surface area contributed by atoms with E-state index in [0.717, 1.165) is 27.7 Å². The molecule has 31 heavy (non-hydrogen) atoms. The number of carbonyl (C=O) groups excluding carboxylic acids is 1. The monoisotopic (exact) mass is 453 g/mol. The smallest absolute Gasteiger partial charge is 0.350 e. The zero-order chi connectivity index (χ0) is 22.1. The maximum absolute atomic E-state index is 11.9. The first-order valence-corrected chi connectivity index (χ1v) is 10.7. The predicted molar refractivity (Wildman–Crippen MR) is 124 cm³/mol. The number of hydrogen-bond acceptors (Lipinski definition) is 7. The van der Waals surface area contributed by atoms with Crippen molar-refractivity contribution in [1.29, 1.82) is 0 Å². The van der Waals surface area contributed by atoms with Crippen LogP contribution in [0.15, 0.2) is 52.0 Å². The first-order chi connectivity index (χ1) is 14.9. The van der Waals surface area contributed by atoms with Gasteiger partial charge in [-0.2, -0.15) is 5.10 Å². The molecule has 4 aromatic rings. The summed E-state index contributed by atoms with van der Waals surface area (Å²) in [6.07, 6.45) is 0. The summed E-state index contributed by atoms with van der Waals surface area (Å²) in [6.45, 7) is 5.80. The van der Waals surface area contributed by atoms with Gasteiger partial charge in [-0.05, 0) is 62.2 Å². The zero-order valence-corrected chi connectivity index (χ0v) is 19.0. The van der Waals surface area contributed by atoms with Crippen molar-refractivity contribution in [2.24, 2.45) is 5.10 Å². The van der Waals surface area contributed by atoms with Gasteiger partial charge in [0.1, 0.15) is 16.2 Å². The van der Waals surface area contributed by atoms with Gasteiger partial charge in [-0.1, -0.05) is 29.0 Å². The number of rotatable bonds is 4. The molecule has 0 aliphatic carbocycles. The summed E-state index contributed by atoms with van der Waals surface area (Å²) in [5.74, 6) is 0.255. The Labute approximate surface area is 188 Å². The molecule has 0 aliphatic rings. The van der Waals surface area contributed by atoms with Crippen LogP contribution in [0, 0.1) is 20.8 Å². The molecule has 0 atom stereocenters. The van der Waals surface area contributed by atoms with Crippen LogP contribution < -0.4 is 10.8 Å². The molecule has 2 heterocycles. The molecule has 2 aromatic heterocycles. The number of methoxy groups -OCH3 is 1. The van der Waals surface area contributed by atoms with Crippen molar-refractivity contribution in [3.8, 4) is 11.3 Å². The fourth-order valence-corrected chi connectivity index (χ4v) is 4.26. The molecule has 1 N–H and O–H groups in total. The van der Waals surface area contributed by atoms with E-state index in [0.29, 0.717) is 31.8 Å². The molecule has 158 valence electrons. The Bertz CT molecular complexity index is 1360. The van der Waals surface area contributed by atoms with E-state index in [9.17, 15) is 4.79 Å². The number of esters is 1. The standard InChI is InChI=1S/C23H20ClN3O3S/c1-12-9-13(2)20-17(10-12)18(11-19(30-20)15-5-7-16(24)8-6-15)26-27-23-25-14(3)21(31-23)22(28)29-4/h5-11H,1-4H3,(H,25,27). The molecule has 0 unspecified atom stereocenters. The van der Waals surface area contributed by atoms with Crippen LogP contribution in [0.1, 0.15) is 26.5 Å². The van der Waals surface area contributed by atoms with Crippen LogP contribution >= 0.6 is 22.9 Å². The maximum atomic E-state index is 11.9. The number of aryl methyl sites for hydroxylation is 3. The van der Waals surface area contributed by atoms with E-state index in [2.05, 4.69) is 21.6 Å². The number of hydrogen-bond donors (Lipinski definition) is 1. The molecule has 0 spiro atoms. The Morgan fingerprint density at radius 3 is 2.61 bits per heavy atom. The normalized spacial score (nSPS) is 11.7. The molecular weight excluding hydrogens is 434 g/mol. The topological polar surface area (TPSA) is 76.7 Å². The largest absolute Gasteiger partial charge is 0.465 e. The van der Waals surface area contributed by atoms with Gasteiger partial charge in [0.25, 0.3) is 0 Å². The van der Waals surface area contributed by atoms with E-state index in [4.69, 9.17) is 20.8 Å². The van der Waals surface area contributed by atoms with Crippen LogP contribution in [0.4, 0.5) is 5.13 Å². The van der Waals surface area contributed by atoms with Gasteiger partial charge in [-0.25, -0.2) is 9.78 Å². The highest BCUT2D eigenvalue weighted by Gasteiger charge is 2.15. The number of anilines is 1. The summed E-state index contributed by atoms with van der Waals surface area (Å²) in [6, 6.07) is 13.4. The van der Waals surface area contributed by atoms with Crippen LogP contribution in [-0.4, -0.2) is 18.1 Å². The highest BCUT2D eigenvalue weighted by molar-refractivity contribution is 7.17. The minimum Gasteiger partial charge on any atom is -0.465 e. The van der Waals surface area contributed by atoms with E-state index in [1.165, 1.54) is 18.4 Å². The predicted octanol–water partition coefficient (Wildman–Crippen LogP) is 5.85. The van der Waals surface area contributed by atoms with Crippen molar-refractivity contribution in [3.05, 3.63) is 74.5 Å². The summed E-state index contributed by atoms with van der Waals surface area (Å²) in [4.78, 5) is 16.7. The van der Waals surface area contributed by atoms with Crippen molar-refractivity contribution < 1.29 is 13.9 Å². The second-order valence-corrected chi connectivity index (χ2v) is 8.55. The minimum absolute atomic E-state index is 0.414. The highest BCUT2D eigenvalue weighted by Crippen LogP contribution is 2.27. The number of aromatic nitrogens is 1. The van der Waals surface area contributed by atoms with Crippen LogP contribution in [0.25, 0.3) is 22.3 Å². The van der Waals surface area contributed by atoms with Gasteiger partial charge in [-0.15, -0.1) is 0 Å². The van der Waals surface area contributed by atoms with E-state index >= 15 is 0 Å². The molecule has 0 amide bonds. The van der Waals surface area contributed by atoms with Gasteiger partial charge in [0.05, 0.1) is 18.2 Å². The first-order valence-electron chi connectivity index (χ1n) is 9.52. The van der Waals surface area contributed by atoms with E-state index < -0.39 is 5.97 Å². The van der Waals surface area contributed by atoms with Crippen molar-refractivity contribution in [2.75, 3.05) is 12.5 Å². The summed E-state index contributed by atoms with van der Waals surface area (Å²) in [5, 5.41) is 7.33. The first kappa shape index (κ1) is 21.1. The molecule has 0 radical (unpaired) electrons. The van der Waals surface area contributed by atoms with Gasteiger partial charge in [0.2, 0.25) is 5.13 Å². The van der Waals surface area contributed by atoms with Crippen LogP contribution in [0.3, 0.4) is 0 Å². The third-order valence-corrected chi connectivity index (χ3v) is 6.04. The molecule has 8 heteroatoms. The zero-order valence-electron chi connectivity index (χ0n) is 17.4. The summed E-state index contributed by atoms with van der Waals surface area (Å²) >= 11 is 7.23. The number of fused-ring (bicyclic) bond motifs is 1. The molecule has 0 fully saturated rings. The lowest BCUT2D eigenvalue weighted by Crippen LogP contribution is -2.08. The average molecular weight is 454 g/mol. The second kappa shape index (κ2) is 8.53. The minimum atomic E-state index is -0.414. The Kier molecular flexibility index (Phi) is 5.80. The summed E-state index contributed by atoms with van der Waals surface area (Å²) in [5.41, 5.74) is 7.34. The molecule has 6 nitrogen and oxygen atoms in total. The number of halogens is 1. The van der Waals surface area contributed by atoms with Crippen molar-refractivity contribution in [3.63, 3.8) is 0 Å². The molecule has 0 bridgehead atoms. The van der Waals surface area contributed by atoms with Crippen LogP contribution in [-0.2, 0) is 4.74 Å². The SMILES string of the molecule is COC(=O)c1sc(NN=c2cc(-c3ccc(Cl)cc3)oc3c(C)cc(C)cc23)nc1C. The van der Waals surface area contributed by atoms with E-state index in [1.54, 1.807) is 6.92 Å². The maximum Gasteiger partial charge on any atom is 0.350 e. The number of thiazole rings is 1. The fraction of sp³-hybridized carbons (Fsp3) is 0.174. The van der Waals surface area contributed by atoms with Gasteiger partial charge < -0.3 is 9.15 Å². The third-order valence-electron chi connectivity index (χ3n) is 4.74. The summed E-state index contributed by atoms with van der Waals surface area (Å²) in [7, 11) is 1.35. The molecule has 0 aliphatic heterocycles. The second-order valence-electron chi connectivity index (χ2n) is 7.11. The number of nitrogens with zero attached hydrogens (tertiary/aromatic N) is 2. The number of nitrogens with one attached hydrogen (secondary N) is 1. The van der Waals surface area contributed by atoms with Crippen LogP contribution in [0.5, 0.6) is 0 Å². The quantitative estimate of drug-likeness (QED) is 0.310. The number of ether oxygens (including phenoxy) is 1. The lowest BCUT2D eigenvalue weighted by atomic mass is 10.1. The van der Waals surface area contributed by atoms with E-state index in [-0.39, 0.29) is 0 Å². The van der Waals surface area contributed by atoms with Crippen molar-refractivity contribution in [2.45, 2.75) is 20.8 Å². The fourth-order valence-electron chi connectivity index (χ4n) is 3.30. The average Bonchev–Trinajstić information content (AvgIpc) is 3.12.